The summed E-state index contributed by atoms with van der Waals surface area (Å²) in [4.78, 5) is 13.2. The number of carbonyl (C=O) groups excluding carboxylic acids is 1. The molecule has 1 heterocycles. The van der Waals surface area contributed by atoms with E-state index in [1.165, 1.54) is 4.90 Å². The van der Waals surface area contributed by atoms with Crippen molar-refractivity contribution < 1.29 is 17.9 Å². The van der Waals surface area contributed by atoms with Crippen LogP contribution in [-0.2, 0) is 14.8 Å². The third-order valence-electron chi connectivity index (χ3n) is 3.63. The minimum absolute atomic E-state index is 0.0579. The summed E-state index contributed by atoms with van der Waals surface area (Å²) in [5.41, 5.74) is 1.98. The average Bonchev–Trinajstić information content (AvgIpc) is 2.51. The lowest BCUT2D eigenvalue weighted by Gasteiger charge is -2.26. The van der Waals surface area contributed by atoms with E-state index in [0.717, 1.165) is 5.56 Å². The minimum Gasteiger partial charge on any atom is -0.481 e. The summed E-state index contributed by atoms with van der Waals surface area (Å²) >= 11 is 0. The van der Waals surface area contributed by atoms with Crippen LogP contribution in [-0.4, -0.2) is 28.0 Å². The largest absolute Gasteiger partial charge is 0.481 e. The highest BCUT2D eigenvalue weighted by atomic mass is 32.2. The van der Waals surface area contributed by atoms with Crippen LogP contribution in [0.1, 0.15) is 5.56 Å². The Hall–Kier alpha value is -2.54. The van der Waals surface area contributed by atoms with Crippen LogP contribution in [0.15, 0.2) is 47.4 Å². The quantitative estimate of drug-likeness (QED) is 0.934. The Morgan fingerprint density at radius 3 is 2.52 bits per heavy atom. The molecule has 0 fully saturated rings. The summed E-state index contributed by atoms with van der Waals surface area (Å²) in [6.07, 6.45) is 0. The molecule has 1 N–H and O–H groups in total. The van der Waals surface area contributed by atoms with Gasteiger partial charge in [0.25, 0.3) is 15.9 Å². The summed E-state index contributed by atoms with van der Waals surface area (Å²) in [5, 5.41) is 0. The van der Waals surface area contributed by atoms with Crippen molar-refractivity contribution in [1.29, 1.82) is 0 Å². The first-order valence-corrected chi connectivity index (χ1v) is 8.48. The Balaban J connectivity index is 1.89. The smallest absolute Gasteiger partial charge is 0.264 e. The standard InChI is InChI=1S/C16H16N2O4S/c1-11-3-6-13(7-4-11)23(20,21)17-12-5-8-14-15(9-12)22-10-16(19)18(14)2/h3-9,17H,10H2,1-2H3. The number of nitrogens with one attached hydrogen (secondary N) is 1. The fraction of sp³-hybridized carbons (Fsp3) is 0.188. The maximum atomic E-state index is 12.4. The Bertz CT molecular complexity index is 860. The van der Waals surface area contributed by atoms with Gasteiger partial charge in [-0.1, -0.05) is 17.7 Å². The van der Waals surface area contributed by atoms with Gasteiger partial charge in [-0.15, -0.1) is 0 Å². The second kappa shape index (κ2) is 5.58. The van der Waals surface area contributed by atoms with E-state index in [4.69, 9.17) is 4.74 Å². The van der Waals surface area contributed by atoms with Gasteiger partial charge in [0.1, 0.15) is 5.75 Å². The van der Waals surface area contributed by atoms with Crippen molar-refractivity contribution in [2.24, 2.45) is 0 Å². The highest BCUT2D eigenvalue weighted by molar-refractivity contribution is 7.92. The Labute approximate surface area is 134 Å². The SMILES string of the molecule is Cc1ccc(S(=O)(=O)Nc2ccc3c(c2)OCC(=O)N3C)cc1. The van der Waals surface area contributed by atoms with Crippen molar-refractivity contribution in [1.82, 2.24) is 0 Å². The van der Waals surface area contributed by atoms with Crippen LogP contribution in [0.3, 0.4) is 0 Å². The zero-order chi connectivity index (χ0) is 16.6. The summed E-state index contributed by atoms with van der Waals surface area (Å²) in [7, 11) is -2.01. The monoisotopic (exact) mass is 332 g/mol. The van der Waals surface area contributed by atoms with E-state index in [1.54, 1.807) is 49.5 Å². The molecule has 0 aromatic heterocycles. The number of carbonyl (C=O) groups is 1. The number of nitrogens with zero attached hydrogens (tertiary/aromatic N) is 1. The van der Waals surface area contributed by atoms with Gasteiger partial charge >= 0.3 is 0 Å². The number of hydrogen-bond donors (Lipinski definition) is 1. The van der Waals surface area contributed by atoms with E-state index in [2.05, 4.69) is 4.72 Å². The van der Waals surface area contributed by atoms with Crippen molar-refractivity contribution in [2.75, 3.05) is 23.3 Å². The normalized spacial score (nSPS) is 14.2. The molecule has 0 unspecified atom stereocenters. The molecule has 3 rings (SSSR count). The van der Waals surface area contributed by atoms with E-state index in [9.17, 15) is 13.2 Å². The molecular weight excluding hydrogens is 316 g/mol. The lowest BCUT2D eigenvalue weighted by Crippen LogP contribution is -2.35. The molecule has 7 heteroatoms. The van der Waals surface area contributed by atoms with Crippen molar-refractivity contribution in [3.05, 3.63) is 48.0 Å². The van der Waals surface area contributed by atoms with Crippen molar-refractivity contribution in [3.63, 3.8) is 0 Å². The van der Waals surface area contributed by atoms with Crippen LogP contribution in [0.25, 0.3) is 0 Å². The predicted octanol–water partition coefficient (Wildman–Crippen LogP) is 2.15. The lowest BCUT2D eigenvalue weighted by atomic mass is 10.2. The molecule has 0 bridgehead atoms. The van der Waals surface area contributed by atoms with Crippen molar-refractivity contribution in [3.8, 4) is 5.75 Å². The molecule has 0 spiro atoms. The van der Waals surface area contributed by atoms with Gasteiger partial charge in [0.15, 0.2) is 6.61 Å². The zero-order valence-electron chi connectivity index (χ0n) is 12.7. The van der Waals surface area contributed by atoms with Gasteiger partial charge in [-0.25, -0.2) is 8.42 Å². The first-order valence-electron chi connectivity index (χ1n) is 7.00. The molecule has 1 aliphatic rings. The fourth-order valence-corrected chi connectivity index (χ4v) is 3.32. The number of fused-ring (bicyclic) bond motifs is 1. The van der Waals surface area contributed by atoms with Gasteiger partial charge in [-0.05, 0) is 31.2 Å². The van der Waals surface area contributed by atoms with E-state index < -0.39 is 10.0 Å². The number of hydrogen-bond acceptors (Lipinski definition) is 4. The summed E-state index contributed by atoms with van der Waals surface area (Å²) < 4.78 is 32.6. The van der Waals surface area contributed by atoms with Crippen LogP contribution >= 0.6 is 0 Å². The number of sulfonamides is 1. The summed E-state index contributed by atoms with van der Waals surface area (Å²) in [6.45, 7) is 1.83. The molecule has 23 heavy (non-hydrogen) atoms. The van der Waals surface area contributed by atoms with E-state index in [-0.39, 0.29) is 17.4 Å². The molecule has 0 radical (unpaired) electrons. The number of aryl methyl sites for hydroxylation is 1. The van der Waals surface area contributed by atoms with Crippen molar-refractivity contribution >= 4 is 27.3 Å². The average molecular weight is 332 g/mol. The first-order chi connectivity index (χ1) is 10.9. The molecule has 0 saturated carbocycles. The molecule has 2 aromatic rings. The molecule has 0 aliphatic carbocycles. The van der Waals surface area contributed by atoms with Gasteiger partial charge in [-0.2, -0.15) is 0 Å². The van der Waals surface area contributed by atoms with Crippen LogP contribution in [0.5, 0.6) is 5.75 Å². The number of anilines is 2. The lowest BCUT2D eigenvalue weighted by molar-refractivity contribution is -0.120. The summed E-state index contributed by atoms with van der Waals surface area (Å²) in [6, 6.07) is 11.4. The van der Waals surface area contributed by atoms with Crippen LogP contribution in [0.4, 0.5) is 11.4 Å². The van der Waals surface area contributed by atoms with Crippen molar-refractivity contribution in [2.45, 2.75) is 11.8 Å². The van der Waals surface area contributed by atoms with Crippen LogP contribution in [0, 0.1) is 6.92 Å². The van der Waals surface area contributed by atoms with E-state index in [0.29, 0.717) is 17.1 Å². The molecule has 0 saturated heterocycles. The van der Waals surface area contributed by atoms with Gasteiger partial charge < -0.3 is 9.64 Å². The van der Waals surface area contributed by atoms with Crippen LogP contribution < -0.4 is 14.4 Å². The number of benzene rings is 2. The van der Waals surface area contributed by atoms with Gasteiger partial charge in [0.05, 0.1) is 16.3 Å². The summed E-state index contributed by atoms with van der Waals surface area (Å²) in [5.74, 6) is 0.321. The van der Waals surface area contributed by atoms with Gasteiger partial charge in [0, 0.05) is 13.1 Å². The maximum absolute atomic E-state index is 12.4. The highest BCUT2D eigenvalue weighted by Crippen LogP contribution is 2.34. The molecule has 1 amide bonds. The third kappa shape index (κ3) is 3.00. The Morgan fingerprint density at radius 2 is 1.83 bits per heavy atom. The van der Waals surface area contributed by atoms with Gasteiger partial charge in [-0.3, -0.25) is 9.52 Å². The number of rotatable bonds is 3. The molecular formula is C16H16N2O4S. The predicted molar refractivity (Wildman–Crippen MR) is 87.3 cm³/mol. The molecule has 120 valence electrons. The van der Waals surface area contributed by atoms with E-state index >= 15 is 0 Å². The highest BCUT2D eigenvalue weighted by Gasteiger charge is 2.23. The topological polar surface area (TPSA) is 75.7 Å². The number of likely N-dealkylation sites (N-methyl/N-ethyl adjacent to an activating group) is 1. The van der Waals surface area contributed by atoms with E-state index in [1.807, 2.05) is 6.92 Å². The Morgan fingerprint density at radius 1 is 1.13 bits per heavy atom. The van der Waals surface area contributed by atoms with Gasteiger partial charge in [0.2, 0.25) is 0 Å². The first kappa shape index (κ1) is 15.4. The minimum atomic E-state index is -3.67. The Kier molecular flexibility index (Phi) is 3.73. The fourth-order valence-electron chi connectivity index (χ4n) is 2.27. The van der Waals surface area contributed by atoms with Crippen LogP contribution in [0.2, 0.25) is 0 Å². The molecule has 1 aliphatic heterocycles. The molecule has 6 nitrogen and oxygen atoms in total. The maximum Gasteiger partial charge on any atom is 0.264 e. The third-order valence-corrected chi connectivity index (χ3v) is 5.03. The molecule has 2 aromatic carbocycles. The second-order valence-corrected chi connectivity index (χ2v) is 7.02. The number of amides is 1. The zero-order valence-corrected chi connectivity index (χ0v) is 13.6. The second-order valence-electron chi connectivity index (χ2n) is 5.34. The molecule has 0 atom stereocenters. The number of ether oxygens (including phenoxy) is 1.